The Balaban J connectivity index is 2.04. The summed E-state index contributed by atoms with van der Waals surface area (Å²) >= 11 is 9.52. The minimum Gasteiger partial charge on any atom is -0.378 e. The van der Waals surface area contributed by atoms with E-state index in [9.17, 15) is 0 Å². The van der Waals surface area contributed by atoms with Gasteiger partial charge in [-0.15, -0.1) is 5.10 Å². The summed E-state index contributed by atoms with van der Waals surface area (Å²) in [4.78, 5) is 0. The molecule has 2 aromatic rings. The number of rotatable bonds is 3. The van der Waals surface area contributed by atoms with Gasteiger partial charge in [0.1, 0.15) is 5.69 Å². The average Bonchev–Trinajstić information content (AvgIpc) is 2.76. The van der Waals surface area contributed by atoms with Gasteiger partial charge >= 0.3 is 0 Å². The molecule has 0 saturated heterocycles. The topological polar surface area (TPSA) is 42.7 Å². The molecule has 1 aromatic carbocycles. The Hall–Kier alpha value is -1.07. The molecule has 0 saturated carbocycles. The van der Waals surface area contributed by atoms with Gasteiger partial charge in [0.15, 0.2) is 0 Å². The molecule has 0 atom stereocenters. The van der Waals surface area contributed by atoms with Gasteiger partial charge in [-0.3, -0.25) is 0 Å². The second-order valence-electron chi connectivity index (χ2n) is 5.30. The van der Waals surface area contributed by atoms with E-state index in [4.69, 9.17) is 11.6 Å². The lowest BCUT2D eigenvalue weighted by molar-refractivity contribution is 0.347. The van der Waals surface area contributed by atoms with Crippen LogP contribution in [0.4, 0.5) is 5.69 Å². The Bertz CT molecular complexity index is 574. The van der Waals surface area contributed by atoms with E-state index < -0.39 is 0 Å². The molecule has 0 aliphatic carbocycles. The molecule has 4 nitrogen and oxygen atoms in total. The van der Waals surface area contributed by atoms with Gasteiger partial charge in [0, 0.05) is 4.47 Å². The van der Waals surface area contributed by atoms with Crippen molar-refractivity contribution >= 4 is 33.2 Å². The fourth-order valence-corrected chi connectivity index (χ4v) is 2.27. The Labute approximate surface area is 126 Å². The lowest BCUT2D eigenvalue weighted by Gasteiger charge is -2.17. The van der Waals surface area contributed by atoms with E-state index in [1.165, 1.54) is 0 Å². The molecule has 2 rings (SSSR count). The highest BCUT2D eigenvalue weighted by molar-refractivity contribution is 9.10. The van der Waals surface area contributed by atoms with Crippen LogP contribution in [-0.2, 0) is 12.1 Å². The van der Waals surface area contributed by atoms with Crippen LogP contribution in [0.25, 0.3) is 0 Å². The molecule has 0 aliphatic heterocycles. The van der Waals surface area contributed by atoms with Crippen molar-refractivity contribution in [3.8, 4) is 0 Å². The van der Waals surface area contributed by atoms with Gasteiger partial charge in [-0.05, 0) is 39.0 Å². The number of anilines is 1. The van der Waals surface area contributed by atoms with Crippen molar-refractivity contribution in [2.24, 2.45) is 0 Å². The Kier molecular flexibility index (Phi) is 4.16. The van der Waals surface area contributed by atoms with Crippen LogP contribution in [0.15, 0.2) is 28.9 Å². The third kappa shape index (κ3) is 3.70. The SMILES string of the molecule is CC(C)(C)n1cc(CNc2ccc(Br)cc2Cl)nn1. The van der Waals surface area contributed by atoms with Crippen LogP contribution in [0, 0.1) is 0 Å². The molecule has 19 heavy (non-hydrogen) atoms. The summed E-state index contributed by atoms with van der Waals surface area (Å²) < 4.78 is 2.81. The van der Waals surface area contributed by atoms with Crippen molar-refractivity contribution in [3.05, 3.63) is 39.6 Å². The van der Waals surface area contributed by atoms with Gasteiger partial charge in [0.05, 0.1) is 29.0 Å². The quantitative estimate of drug-likeness (QED) is 0.914. The summed E-state index contributed by atoms with van der Waals surface area (Å²) in [6, 6.07) is 5.73. The van der Waals surface area contributed by atoms with Crippen molar-refractivity contribution < 1.29 is 0 Å². The second kappa shape index (κ2) is 5.51. The molecular weight excluding hydrogens is 328 g/mol. The second-order valence-corrected chi connectivity index (χ2v) is 6.63. The first-order valence-electron chi connectivity index (χ1n) is 5.97. The van der Waals surface area contributed by atoms with Gasteiger partial charge in [-0.2, -0.15) is 0 Å². The standard InChI is InChI=1S/C13H16BrClN4/c1-13(2,3)19-8-10(17-18-19)7-16-12-5-4-9(14)6-11(12)15/h4-6,8,16H,7H2,1-3H3. The number of hydrogen-bond donors (Lipinski definition) is 1. The van der Waals surface area contributed by atoms with E-state index in [0.717, 1.165) is 15.9 Å². The van der Waals surface area contributed by atoms with Crippen molar-refractivity contribution in [1.29, 1.82) is 0 Å². The molecule has 0 spiro atoms. The summed E-state index contributed by atoms with van der Waals surface area (Å²) in [6.45, 7) is 6.86. The van der Waals surface area contributed by atoms with Crippen LogP contribution in [0.1, 0.15) is 26.5 Å². The van der Waals surface area contributed by atoms with E-state index in [1.807, 2.05) is 29.1 Å². The predicted octanol–water partition coefficient (Wildman–Crippen LogP) is 4.06. The van der Waals surface area contributed by atoms with Gasteiger partial charge in [0.25, 0.3) is 0 Å². The lowest BCUT2D eigenvalue weighted by atomic mass is 10.1. The predicted molar refractivity (Wildman–Crippen MR) is 81.5 cm³/mol. The zero-order valence-corrected chi connectivity index (χ0v) is 13.5. The number of nitrogens with zero attached hydrogens (tertiary/aromatic N) is 3. The van der Waals surface area contributed by atoms with Crippen molar-refractivity contribution in [2.45, 2.75) is 32.9 Å². The largest absolute Gasteiger partial charge is 0.378 e. The zero-order valence-electron chi connectivity index (χ0n) is 11.1. The molecule has 0 radical (unpaired) electrons. The van der Waals surface area contributed by atoms with E-state index in [1.54, 1.807) is 0 Å². The van der Waals surface area contributed by atoms with Crippen LogP contribution in [0.3, 0.4) is 0 Å². The fourth-order valence-electron chi connectivity index (χ4n) is 1.53. The summed E-state index contributed by atoms with van der Waals surface area (Å²) in [5, 5.41) is 12.2. The van der Waals surface area contributed by atoms with Gasteiger partial charge in [-0.1, -0.05) is 32.7 Å². The number of nitrogens with one attached hydrogen (secondary N) is 1. The summed E-state index contributed by atoms with van der Waals surface area (Å²) in [5.41, 5.74) is 1.71. The van der Waals surface area contributed by atoms with Crippen LogP contribution in [0.5, 0.6) is 0 Å². The van der Waals surface area contributed by atoms with Crippen molar-refractivity contribution in [3.63, 3.8) is 0 Å². The highest BCUT2D eigenvalue weighted by Crippen LogP contribution is 2.26. The Morgan fingerprint density at radius 3 is 2.68 bits per heavy atom. The first-order chi connectivity index (χ1) is 8.86. The van der Waals surface area contributed by atoms with Crippen LogP contribution in [0.2, 0.25) is 5.02 Å². The zero-order chi connectivity index (χ0) is 14.0. The third-order valence-corrected chi connectivity index (χ3v) is 3.43. The minimum atomic E-state index is -0.0551. The monoisotopic (exact) mass is 342 g/mol. The van der Waals surface area contributed by atoms with Gasteiger partial charge in [0.2, 0.25) is 0 Å². The average molecular weight is 344 g/mol. The number of benzene rings is 1. The van der Waals surface area contributed by atoms with E-state index in [2.05, 4.69) is 52.3 Å². The highest BCUT2D eigenvalue weighted by atomic mass is 79.9. The van der Waals surface area contributed by atoms with E-state index >= 15 is 0 Å². The molecular formula is C13H16BrClN4. The first kappa shape index (κ1) is 14.3. The van der Waals surface area contributed by atoms with Crippen LogP contribution >= 0.6 is 27.5 Å². The molecule has 1 heterocycles. The van der Waals surface area contributed by atoms with E-state index in [0.29, 0.717) is 11.6 Å². The first-order valence-corrected chi connectivity index (χ1v) is 7.14. The van der Waals surface area contributed by atoms with Crippen LogP contribution in [-0.4, -0.2) is 15.0 Å². The van der Waals surface area contributed by atoms with Crippen molar-refractivity contribution in [1.82, 2.24) is 15.0 Å². The maximum atomic E-state index is 6.14. The normalized spacial score (nSPS) is 11.6. The third-order valence-electron chi connectivity index (χ3n) is 2.62. The molecule has 0 bridgehead atoms. The molecule has 1 aromatic heterocycles. The summed E-state index contributed by atoms with van der Waals surface area (Å²) in [5.74, 6) is 0. The molecule has 0 amide bonds. The maximum absolute atomic E-state index is 6.14. The number of aromatic nitrogens is 3. The molecule has 0 aliphatic rings. The molecule has 1 N–H and O–H groups in total. The smallest absolute Gasteiger partial charge is 0.102 e. The number of hydrogen-bond acceptors (Lipinski definition) is 3. The lowest BCUT2D eigenvalue weighted by Crippen LogP contribution is -2.22. The molecule has 6 heteroatoms. The molecule has 0 unspecified atom stereocenters. The highest BCUT2D eigenvalue weighted by Gasteiger charge is 2.14. The van der Waals surface area contributed by atoms with Gasteiger partial charge < -0.3 is 5.32 Å². The number of halogens is 2. The summed E-state index contributed by atoms with van der Waals surface area (Å²) in [7, 11) is 0. The molecule has 102 valence electrons. The summed E-state index contributed by atoms with van der Waals surface area (Å²) in [6.07, 6.45) is 1.94. The maximum Gasteiger partial charge on any atom is 0.102 e. The van der Waals surface area contributed by atoms with Gasteiger partial charge in [-0.25, -0.2) is 4.68 Å². The van der Waals surface area contributed by atoms with Crippen molar-refractivity contribution in [2.75, 3.05) is 5.32 Å². The minimum absolute atomic E-state index is 0.0551. The van der Waals surface area contributed by atoms with Crippen LogP contribution < -0.4 is 5.32 Å². The Morgan fingerprint density at radius 1 is 1.37 bits per heavy atom. The Morgan fingerprint density at radius 2 is 2.11 bits per heavy atom. The van der Waals surface area contributed by atoms with E-state index in [-0.39, 0.29) is 5.54 Å². The fraction of sp³-hybridized carbons (Fsp3) is 0.385. The molecule has 0 fully saturated rings.